The number of rotatable bonds is 6. The van der Waals surface area contributed by atoms with Gasteiger partial charge in [0.2, 0.25) is 0 Å². The fraction of sp³-hybridized carbons (Fsp3) is 0.429. The topological polar surface area (TPSA) is 102 Å². The van der Waals surface area contributed by atoms with Gasteiger partial charge in [-0.2, -0.15) is 23.4 Å². The number of aromatic carboxylic acids is 1. The Morgan fingerprint density at radius 3 is 2.56 bits per heavy atom. The number of alkyl halides is 3. The first kappa shape index (κ1) is 18.5. The van der Waals surface area contributed by atoms with Crippen LogP contribution in [0.5, 0.6) is 0 Å². The molecule has 0 bridgehead atoms. The molecule has 0 spiro atoms. The molecule has 2 aromatic rings. The van der Waals surface area contributed by atoms with Crippen LogP contribution in [0.3, 0.4) is 0 Å². The van der Waals surface area contributed by atoms with Crippen LogP contribution in [0.1, 0.15) is 38.7 Å². The minimum absolute atomic E-state index is 0.134. The van der Waals surface area contributed by atoms with Crippen LogP contribution >= 0.6 is 0 Å². The van der Waals surface area contributed by atoms with Crippen LogP contribution in [-0.4, -0.2) is 43.1 Å². The number of halogens is 3. The highest BCUT2D eigenvalue weighted by atomic mass is 19.4. The summed E-state index contributed by atoms with van der Waals surface area (Å²) in [5.74, 6) is -1.93. The fourth-order valence-corrected chi connectivity index (χ4v) is 2.20. The van der Waals surface area contributed by atoms with Gasteiger partial charge in [0.15, 0.2) is 11.4 Å². The first-order chi connectivity index (χ1) is 11.6. The van der Waals surface area contributed by atoms with Gasteiger partial charge in [0.25, 0.3) is 5.91 Å². The zero-order valence-corrected chi connectivity index (χ0v) is 13.5. The maximum Gasteiger partial charge on any atom is 0.435 e. The molecule has 0 unspecified atom stereocenters. The molecule has 2 rings (SSSR count). The van der Waals surface area contributed by atoms with Gasteiger partial charge in [-0.1, -0.05) is 0 Å². The molecule has 0 aliphatic rings. The predicted octanol–water partition coefficient (Wildman–Crippen LogP) is 1.46. The lowest BCUT2D eigenvalue weighted by molar-refractivity contribution is -0.141. The average molecular weight is 359 g/mol. The molecule has 8 nitrogen and oxygen atoms in total. The Kier molecular flexibility index (Phi) is 5.14. The average Bonchev–Trinajstić information content (AvgIpc) is 3.06. The van der Waals surface area contributed by atoms with Crippen LogP contribution < -0.4 is 5.32 Å². The highest BCUT2D eigenvalue weighted by Crippen LogP contribution is 2.28. The van der Waals surface area contributed by atoms with Gasteiger partial charge in [-0.3, -0.25) is 14.2 Å². The van der Waals surface area contributed by atoms with Crippen molar-refractivity contribution in [1.29, 1.82) is 0 Å². The third kappa shape index (κ3) is 4.37. The number of carbonyl (C=O) groups excluding carboxylic acids is 1. The van der Waals surface area contributed by atoms with E-state index < -0.39 is 23.7 Å². The molecule has 0 atom stereocenters. The second kappa shape index (κ2) is 6.95. The van der Waals surface area contributed by atoms with Crippen LogP contribution in [0.25, 0.3) is 0 Å². The maximum absolute atomic E-state index is 12.6. The van der Waals surface area contributed by atoms with E-state index in [1.807, 2.05) is 0 Å². The predicted molar refractivity (Wildman–Crippen MR) is 79.1 cm³/mol. The number of hydrogen-bond donors (Lipinski definition) is 2. The SMILES string of the molecule is Cc1cc(C(F)(F)F)nn1CCCNC(=O)c1nn(C)cc1C(=O)O. The molecule has 0 aliphatic heterocycles. The van der Waals surface area contributed by atoms with Crippen molar-refractivity contribution in [3.8, 4) is 0 Å². The van der Waals surface area contributed by atoms with E-state index in [1.165, 1.54) is 29.5 Å². The molecule has 0 fully saturated rings. The molecule has 25 heavy (non-hydrogen) atoms. The van der Waals surface area contributed by atoms with Gasteiger partial charge in [0.05, 0.1) is 0 Å². The molecule has 2 aromatic heterocycles. The fourth-order valence-electron chi connectivity index (χ4n) is 2.20. The maximum atomic E-state index is 12.6. The number of nitrogens with zero attached hydrogens (tertiary/aromatic N) is 4. The van der Waals surface area contributed by atoms with Gasteiger partial charge >= 0.3 is 12.1 Å². The standard InChI is InChI=1S/C14H16F3N5O3/c1-8-6-10(14(15,16)17)19-22(8)5-3-4-18-12(23)11-9(13(24)25)7-21(2)20-11/h6-7H,3-5H2,1-2H3,(H,18,23)(H,24,25). The number of aromatic nitrogens is 4. The van der Waals surface area contributed by atoms with Crippen molar-refractivity contribution in [3.63, 3.8) is 0 Å². The van der Waals surface area contributed by atoms with Gasteiger partial charge in [-0.15, -0.1) is 0 Å². The van der Waals surface area contributed by atoms with E-state index in [0.717, 1.165) is 6.07 Å². The van der Waals surface area contributed by atoms with E-state index in [2.05, 4.69) is 15.5 Å². The zero-order chi connectivity index (χ0) is 18.8. The van der Waals surface area contributed by atoms with Crippen LogP contribution in [-0.2, 0) is 19.8 Å². The molecular formula is C14H16F3N5O3. The summed E-state index contributed by atoms with van der Waals surface area (Å²) < 4.78 is 40.2. The summed E-state index contributed by atoms with van der Waals surface area (Å²) in [7, 11) is 1.49. The Labute approximate surface area is 140 Å². The molecule has 0 saturated heterocycles. The van der Waals surface area contributed by atoms with Gasteiger partial charge in [-0.05, 0) is 19.4 Å². The van der Waals surface area contributed by atoms with Crippen LogP contribution in [0.15, 0.2) is 12.3 Å². The number of aryl methyl sites for hydroxylation is 3. The Morgan fingerprint density at radius 2 is 2.00 bits per heavy atom. The van der Waals surface area contributed by atoms with Gasteiger partial charge in [-0.25, -0.2) is 4.79 Å². The number of carbonyl (C=O) groups is 2. The quantitative estimate of drug-likeness (QED) is 0.761. The first-order valence-electron chi connectivity index (χ1n) is 7.26. The number of amides is 1. The lowest BCUT2D eigenvalue weighted by Gasteiger charge is -2.06. The molecule has 136 valence electrons. The molecule has 0 aliphatic carbocycles. The van der Waals surface area contributed by atoms with Crippen molar-refractivity contribution >= 4 is 11.9 Å². The zero-order valence-electron chi connectivity index (χ0n) is 13.5. The monoisotopic (exact) mass is 359 g/mol. The molecular weight excluding hydrogens is 343 g/mol. The van der Waals surface area contributed by atoms with Crippen LogP contribution in [0.2, 0.25) is 0 Å². The molecule has 0 radical (unpaired) electrons. The summed E-state index contributed by atoms with van der Waals surface area (Å²) in [4.78, 5) is 23.0. The normalized spacial score (nSPS) is 11.6. The van der Waals surface area contributed by atoms with Crippen molar-refractivity contribution in [3.05, 3.63) is 34.9 Å². The summed E-state index contributed by atoms with van der Waals surface area (Å²) >= 11 is 0. The van der Waals surface area contributed by atoms with E-state index in [0.29, 0.717) is 12.1 Å². The van der Waals surface area contributed by atoms with Crippen molar-refractivity contribution in [2.75, 3.05) is 6.54 Å². The molecule has 2 N–H and O–H groups in total. The van der Waals surface area contributed by atoms with Crippen LogP contribution in [0, 0.1) is 6.92 Å². The number of carboxylic acids is 1. The van der Waals surface area contributed by atoms with E-state index in [4.69, 9.17) is 5.11 Å². The summed E-state index contributed by atoms with van der Waals surface area (Å²) in [6.45, 7) is 1.82. The molecule has 2 heterocycles. The number of carboxylic acid groups (broad SMARTS) is 1. The van der Waals surface area contributed by atoms with Crippen LogP contribution in [0.4, 0.5) is 13.2 Å². The van der Waals surface area contributed by atoms with Crippen molar-refractivity contribution in [1.82, 2.24) is 24.9 Å². The number of nitrogens with one attached hydrogen (secondary N) is 1. The van der Waals surface area contributed by atoms with E-state index in [1.54, 1.807) is 0 Å². The van der Waals surface area contributed by atoms with Crippen molar-refractivity contribution in [2.24, 2.45) is 7.05 Å². The van der Waals surface area contributed by atoms with E-state index >= 15 is 0 Å². The lowest BCUT2D eigenvalue weighted by atomic mass is 10.2. The summed E-state index contributed by atoms with van der Waals surface area (Å²) in [6.07, 6.45) is -2.97. The molecule has 1 amide bonds. The first-order valence-corrected chi connectivity index (χ1v) is 7.26. The minimum atomic E-state index is -4.50. The third-order valence-corrected chi connectivity index (χ3v) is 3.38. The largest absolute Gasteiger partial charge is 0.478 e. The highest BCUT2D eigenvalue weighted by molar-refractivity contribution is 6.03. The summed E-state index contributed by atoms with van der Waals surface area (Å²) in [5.41, 5.74) is -1.05. The van der Waals surface area contributed by atoms with Crippen molar-refractivity contribution in [2.45, 2.75) is 26.1 Å². The second-order valence-corrected chi connectivity index (χ2v) is 5.37. The molecule has 0 saturated carbocycles. The van der Waals surface area contributed by atoms with Gasteiger partial charge in [0, 0.05) is 32.0 Å². The summed E-state index contributed by atoms with van der Waals surface area (Å²) in [5, 5.41) is 18.8. The Morgan fingerprint density at radius 1 is 1.32 bits per heavy atom. The molecule has 11 heteroatoms. The Hall–Kier alpha value is -2.85. The lowest BCUT2D eigenvalue weighted by Crippen LogP contribution is -2.27. The van der Waals surface area contributed by atoms with Gasteiger partial charge < -0.3 is 10.4 Å². The van der Waals surface area contributed by atoms with Gasteiger partial charge in [0.1, 0.15) is 5.56 Å². The third-order valence-electron chi connectivity index (χ3n) is 3.38. The minimum Gasteiger partial charge on any atom is -0.478 e. The Balaban J connectivity index is 1.91. The molecule has 0 aromatic carbocycles. The van der Waals surface area contributed by atoms with E-state index in [9.17, 15) is 22.8 Å². The summed E-state index contributed by atoms with van der Waals surface area (Å²) in [6, 6.07) is 0.950. The smallest absolute Gasteiger partial charge is 0.435 e. The van der Waals surface area contributed by atoms with Crippen molar-refractivity contribution < 1.29 is 27.9 Å². The van der Waals surface area contributed by atoms with E-state index in [-0.39, 0.29) is 24.3 Å². The Bertz CT molecular complexity index is 794. The second-order valence-electron chi connectivity index (χ2n) is 5.37. The highest BCUT2D eigenvalue weighted by Gasteiger charge is 2.34. The number of hydrogen-bond acceptors (Lipinski definition) is 4.